The molecule has 0 radical (unpaired) electrons. The third-order valence-electron chi connectivity index (χ3n) is 4.76. The van der Waals surface area contributed by atoms with Crippen LogP contribution < -0.4 is 25.3 Å². The summed E-state index contributed by atoms with van der Waals surface area (Å²) in [5.41, 5.74) is 5.55. The molecule has 3 aromatic carbocycles. The van der Waals surface area contributed by atoms with E-state index in [-0.39, 0.29) is 16.8 Å². The Bertz CT molecular complexity index is 1390. The lowest BCUT2D eigenvalue weighted by Gasteiger charge is -2.17. The number of anilines is 1. The van der Waals surface area contributed by atoms with Crippen molar-refractivity contribution in [2.45, 2.75) is 20.2 Å². The van der Waals surface area contributed by atoms with E-state index in [0.29, 0.717) is 11.6 Å². The predicted molar refractivity (Wildman–Crippen MR) is 119 cm³/mol. The van der Waals surface area contributed by atoms with Crippen LogP contribution in [0.4, 0.5) is 23.2 Å². The smallest absolute Gasteiger partial charge is 0.493 e. The van der Waals surface area contributed by atoms with Crippen LogP contribution in [-0.2, 0) is 0 Å². The number of amides is 2. The number of primary amides is 1. The topological polar surface area (TPSA) is 99.9 Å². The summed E-state index contributed by atoms with van der Waals surface area (Å²) in [6.07, 6.45) is -5.07. The van der Waals surface area contributed by atoms with Crippen LogP contribution in [0.15, 0.2) is 48.5 Å². The molecule has 35 heavy (non-hydrogen) atoms. The fourth-order valence-corrected chi connectivity index (χ4v) is 3.09. The number of carbonyl (C=O) groups is 2. The zero-order valence-corrected chi connectivity index (χ0v) is 18.2. The highest BCUT2D eigenvalue weighted by molar-refractivity contribution is 6.07. The van der Waals surface area contributed by atoms with Gasteiger partial charge in [0, 0.05) is 17.3 Å². The molecule has 0 atom stereocenters. The second-order valence-electron chi connectivity index (χ2n) is 7.28. The van der Waals surface area contributed by atoms with Gasteiger partial charge in [0.05, 0.1) is 11.2 Å². The van der Waals surface area contributed by atoms with Gasteiger partial charge in [-0.05, 0) is 55.3 Å². The molecular weight excluding hydrogens is 472 g/mol. The molecule has 7 nitrogen and oxygen atoms in total. The third kappa shape index (κ3) is 5.99. The summed E-state index contributed by atoms with van der Waals surface area (Å²) in [7, 11) is -3.10. The maximum absolute atomic E-state index is 15.1. The fourth-order valence-electron chi connectivity index (χ4n) is 3.09. The zero-order valence-electron chi connectivity index (χ0n) is 21.2. The highest BCUT2D eigenvalue weighted by Crippen LogP contribution is 2.38. The van der Waals surface area contributed by atoms with Crippen molar-refractivity contribution in [2.75, 3.05) is 12.4 Å². The first-order valence-electron chi connectivity index (χ1n) is 11.3. The van der Waals surface area contributed by atoms with E-state index in [1.54, 1.807) is 6.92 Å². The molecule has 0 spiro atoms. The van der Waals surface area contributed by atoms with Crippen LogP contribution >= 0.6 is 0 Å². The molecule has 3 rings (SSSR count). The minimum Gasteiger partial charge on any atom is -0.493 e. The lowest BCUT2D eigenvalue weighted by molar-refractivity contribution is -0.274. The SMILES string of the molecule is [2H]C([2H])([2H])Oc1cc(OC(F)(F)F)ccc1Oc1ccc(C)c(F)c1C(=O)Nc1ccc(C)c(C(N)=O)c1. The number of alkyl halides is 3. The lowest BCUT2D eigenvalue weighted by Crippen LogP contribution is -2.18. The first-order valence-corrected chi connectivity index (χ1v) is 9.81. The van der Waals surface area contributed by atoms with E-state index in [2.05, 4.69) is 10.1 Å². The number of nitrogens with one attached hydrogen (secondary N) is 1. The highest BCUT2D eigenvalue weighted by atomic mass is 19.4. The molecule has 11 heteroatoms. The van der Waals surface area contributed by atoms with Crippen LogP contribution in [0.1, 0.15) is 36.0 Å². The van der Waals surface area contributed by atoms with Crippen molar-refractivity contribution in [3.63, 3.8) is 0 Å². The van der Waals surface area contributed by atoms with Crippen molar-refractivity contribution in [2.24, 2.45) is 5.73 Å². The Kier molecular flexibility index (Phi) is 6.03. The Morgan fingerprint density at radius 2 is 1.66 bits per heavy atom. The summed E-state index contributed by atoms with van der Waals surface area (Å²) >= 11 is 0. The summed E-state index contributed by atoms with van der Waals surface area (Å²) in [4.78, 5) is 24.7. The monoisotopic (exact) mass is 495 g/mol. The molecule has 0 aromatic heterocycles. The fraction of sp³-hybridized carbons (Fsp3) is 0.167. The van der Waals surface area contributed by atoms with Gasteiger partial charge in [-0.1, -0.05) is 12.1 Å². The number of halogens is 4. The van der Waals surface area contributed by atoms with E-state index in [9.17, 15) is 22.8 Å². The van der Waals surface area contributed by atoms with Crippen molar-refractivity contribution < 1.29 is 45.5 Å². The van der Waals surface area contributed by atoms with E-state index >= 15 is 4.39 Å². The second kappa shape index (κ2) is 9.92. The van der Waals surface area contributed by atoms with Crippen LogP contribution in [0.25, 0.3) is 0 Å². The highest BCUT2D eigenvalue weighted by Gasteiger charge is 2.31. The standard InChI is InChI=1S/C24H20F4N2O5/c1-12-4-6-14(10-16(12)22(29)31)30-23(32)20-18(8-5-13(2)21(20)25)34-17-9-7-15(11-19(17)33-3)35-24(26,27)28/h4-11H,1-3H3,(H2,29,31)(H,30,32)/i3D3. The average Bonchev–Trinajstić information content (AvgIpc) is 2.77. The average molecular weight is 495 g/mol. The van der Waals surface area contributed by atoms with Crippen molar-refractivity contribution in [3.8, 4) is 23.0 Å². The maximum atomic E-state index is 15.1. The number of hydrogen-bond donors (Lipinski definition) is 2. The first-order chi connectivity index (χ1) is 17.5. The molecule has 3 N–H and O–H groups in total. The number of nitrogens with two attached hydrogens (primary N) is 1. The molecule has 0 unspecified atom stereocenters. The first kappa shape index (κ1) is 21.3. The lowest BCUT2D eigenvalue weighted by atomic mass is 10.1. The van der Waals surface area contributed by atoms with Crippen LogP contribution in [0, 0.1) is 19.7 Å². The number of hydrogen-bond acceptors (Lipinski definition) is 5. The molecule has 0 aliphatic rings. The van der Waals surface area contributed by atoms with Crippen LogP contribution in [0.5, 0.6) is 23.0 Å². The van der Waals surface area contributed by atoms with Crippen molar-refractivity contribution in [1.82, 2.24) is 0 Å². The largest absolute Gasteiger partial charge is 0.573 e. The molecular formula is C24H20F4N2O5. The molecule has 0 heterocycles. The van der Waals surface area contributed by atoms with E-state index in [1.807, 2.05) is 0 Å². The minimum atomic E-state index is -5.07. The van der Waals surface area contributed by atoms with Crippen LogP contribution in [-0.4, -0.2) is 25.2 Å². The summed E-state index contributed by atoms with van der Waals surface area (Å²) in [6, 6.07) is 9.08. The van der Waals surface area contributed by atoms with Crippen molar-refractivity contribution >= 4 is 17.5 Å². The predicted octanol–water partition coefficient (Wildman–Crippen LogP) is 5.49. The molecule has 0 aliphatic carbocycles. The van der Waals surface area contributed by atoms with Gasteiger partial charge < -0.3 is 25.3 Å². The number of rotatable bonds is 7. The molecule has 3 aromatic rings. The molecule has 0 saturated carbocycles. The van der Waals surface area contributed by atoms with Crippen molar-refractivity contribution in [1.29, 1.82) is 0 Å². The Balaban J connectivity index is 2.02. The van der Waals surface area contributed by atoms with Gasteiger partial charge in [-0.3, -0.25) is 9.59 Å². The number of benzene rings is 3. The second-order valence-corrected chi connectivity index (χ2v) is 7.28. The van der Waals surface area contributed by atoms with Gasteiger partial charge in [0.25, 0.3) is 5.91 Å². The summed E-state index contributed by atoms with van der Waals surface area (Å²) in [6.45, 7) is 3.00. The molecule has 0 saturated heterocycles. The molecule has 0 bridgehead atoms. The molecule has 184 valence electrons. The van der Waals surface area contributed by atoms with E-state index < -0.39 is 59.6 Å². The molecule has 0 aliphatic heterocycles. The van der Waals surface area contributed by atoms with Gasteiger partial charge in [-0.15, -0.1) is 13.2 Å². The van der Waals surface area contributed by atoms with Gasteiger partial charge in [-0.2, -0.15) is 0 Å². The third-order valence-corrected chi connectivity index (χ3v) is 4.76. The Morgan fingerprint density at radius 1 is 0.971 bits per heavy atom. The summed E-state index contributed by atoms with van der Waals surface area (Å²) < 4.78 is 89.0. The van der Waals surface area contributed by atoms with E-state index in [0.717, 1.165) is 12.1 Å². The van der Waals surface area contributed by atoms with Crippen LogP contribution in [0.3, 0.4) is 0 Å². The summed E-state index contributed by atoms with van der Waals surface area (Å²) in [5.74, 6) is -5.09. The van der Waals surface area contributed by atoms with Gasteiger partial charge in [0.1, 0.15) is 22.9 Å². The van der Waals surface area contributed by atoms with Gasteiger partial charge in [-0.25, -0.2) is 4.39 Å². The van der Waals surface area contributed by atoms with Gasteiger partial charge >= 0.3 is 6.36 Å². The molecule has 2 amide bonds. The molecule has 0 fully saturated rings. The van der Waals surface area contributed by atoms with Crippen molar-refractivity contribution in [3.05, 3.63) is 76.6 Å². The zero-order chi connectivity index (χ0) is 28.4. The number of ether oxygens (including phenoxy) is 3. The number of methoxy groups -OCH3 is 1. The van der Waals surface area contributed by atoms with E-state index in [4.69, 9.17) is 19.3 Å². The Hall–Kier alpha value is -4.28. The maximum Gasteiger partial charge on any atom is 0.573 e. The Morgan fingerprint density at radius 3 is 2.31 bits per heavy atom. The van der Waals surface area contributed by atoms with Crippen LogP contribution in [0.2, 0.25) is 0 Å². The minimum absolute atomic E-state index is 0.0529. The summed E-state index contributed by atoms with van der Waals surface area (Å²) in [5, 5.41) is 2.43. The van der Waals surface area contributed by atoms with Gasteiger partial charge in [0.2, 0.25) is 5.91 Å². The quantitative estimate of drug-likeness (QED) is 0.422. The Labute approximate surface area is 201 Å². The van der Waals surface area contributed by atoms with E-state index in [1.165, 1.54) is 37.3 Å². The van der Waals surface area contributed by atoms with Gasteiger partial charge in [0.15, 0.2) is 11.5 Å². The normalized spacial score (nSPS) is 12.7. The number of aryl methyl sites for hydroxylation is 2. The number of carbonyl (C=O) groups excluding carboxylic acids is 2.